The number of benzene rings is 2. The fourth-order valence-electron chi connectivity index (χ4n) is 2.44. The molecule has 24 heavy (non-hydrogen) atoms. The van der Waals surface area contributed by atoms with Gasteiger partial charge in [0, 0.05) is 7.05 Å². The Morgan fingerprint density at radius 1 is 1.08 bits per heavy atom. The summed E-state index contributed by atoms with van der Waals surface area (Å²) in [5.41, 5.74) is 2.32. The molecule has 3 rings (SSSR count). The lowest BCUT2D eigenvalue weighted by Crippen LogP contribution is -2.13. The zero-order chi connectivity index (χ0) is 17.5. The maximum atomic E-state index is 12.5. The van der Waals surface area contributed by atoms with E-state index in [1.165, 1.54) is 0 Å². The number of aromatic nitrogens is 1. The summed E-state index contributed by atoms with van der Waals surface area (Å²) in [6, 6.07) is 12.0. The lowest BCUT2D eigenvalue weighted by molar-refractivity contribution is 0.601. The van der Waals surface area contributed by atoms with Crippen LogP contribution in [0.15, 0.2) is 52.2 Å². The third-order valence-electron chi connectivity index (χ3n) is 3.90. The molecule has 1 aromatic heterocycles. The second kappa shape index (κ2) is 6.07. The van der Waals surface area contributed by atoms with Crippen molar-refractivity contribution in [3.63, 3.8) is 0 Å². The summed E-state index contributed by atoms with van der Waals surface area (Å²) in [4.78, 5) is 11.8. The number of hydrogen-bond acceptors (Lipinski definition) is 4. The average Bonchev–Trinajstić information content (AvgIpc) is 2.81. The van der Waals surface area contributed by atoms with Gasteiger partial charge in [-0.3, -0.25) is 9.52 Å². The molecule has 1 N–H and O–H groups in total. The normalized spacial score (nSPS) is 12.0. The second-order valence-electron chi connectivity index (χ2n) is 5.94. The molecule has 0 saturated heterocycles. The number of thiazole rings is 1. The van der Waals surface area contributed by atoms with Crippen molar-refractivity contribution in [3.8, 4) is 0 Å². The van der Waals surface area contributed by atoms with Crippen LogP contribution < -0.4 is 9.60 Å². The van der Waals surface area contributed by atoms with Crippen LogP contribution >= 0.6 is 11.3 Å². The van der Waals surface area contributed by atoms with Crippen molar-refractivity contribution in [2.24, 2.45) is 7.05 Å². The van der Waals surface area contributed by atoms with Crippen LogP contribution in [0.25, 0.3) is 10.2 Å². The number of aryl methyl sites for hydroxylation is 1. The Morgan fingerprint density at radius 3 is 2.38 bits per heavy atom. The highest BCUT2D eigenvalue weighted by Gasteiger charge is 2.15. The van der Waals surface area contributed by atoms with Crippen LogP contribution in [0.2, 0.25) is 0 Å². The SMILES string of the molecule is CC(C)c1ccc(S(=O)(=O)Nc2ccc3c(c2)sc(=O)n3C)cc1. The van der Waals surface area contributed by atoms with Crippen LogP contribution in [-0.4, -0.2) is 13.0 Å². The van der Waals surface area contributed by atoms with Gasteiger partial charge in [-0.1, -0.05) is 37.3 Å². The minimum atomic E-state index is -3.66. The molecule has 0 fully saturated rings. The van der Waals surface area contributed by atoms with E-state index < -0.39 is 10.0 Å². The van der Waals surface area contributed by atoms with Crippen molar-refractivity contribution in [2.75, 3.05) is 4.72 Å². The first-order valence-corrected chi connectivity index (χ1v) is 9.80. The molecule has 0 unspecified atom stereocenters. The molecule has 0 saturated carbocycles. The van der Waals surface area contributed by atoms with Gasteiger partial charge < -0.3 is 4.57 Å². The molecule has 126 valence electrons. The molecule has 0 aliphatic rings. The van der Waals surface area contributed by atoms with E-state index in [4.69, 9.17) is 0 Å². The first-order valence-electron chi connectivity index (χ1n) is 7.50. The van der Waals surface area contributed by atoms with Crippen molar-refractivity contribution in [1.82, 2.24) is 4.57 Å². The number of anilines is 1. The van der Waals surface area contributed by atoms with Gasteiger partial charge in [-0.05, 0) is 41.8 Å². The van der Waals surface area contributed by atoms with Gasteiger partial charge in [0.15, 0.2) is 0 Å². The Morgan fingerprint density at radius 2 is 1.75 bits per heavy atom. The smallest absolute Gasteiger partial charge is 0.302 e. The number of nitrogens with one attached hydrogen (secondary N) is 1. The minimum Gasteiger partial charge on any atom is -0.302 e. The van der Waals surface area contributed by atoms with Crippen LogP contribution in [0.5, 0.6) is 0 Å². The van der Waals surface area contributed by atoms with Gasteiger partial charge in [0.2, 0.25) is 0 Å². The Bertz CT molecular complexity index is 1050. The van der Waals surface area contributed by atoms with E-state index in [9.17, 15) is 13.2 Å². The van der Waals surface area contributed by atoms with E-state index in [0.29, 0.717) is 11.6 Å². The first kappa shape index (κ1) is 16.7. The summed E-state index contributed by atoms with van der Waals surface area (Å²) in [5.74, 6) is 0.345. The zero-order valence-corrected chi connectivity index (χ0v) is 15.2. The van der Waals surface area contributed by atoms with Gasteiger partial charge in [0.05, 0.1) is 20.8 Å². The average molecular weight is 362 g/mol. The van der Waals surface area contributed by atoms with Gasteiger partial charge in [0.25, 0.3) is 10.0 Å². The highest BCUT2D eigenvalue weighted by molar-refractivity contribution is 7.92. The molecule has 7 heteroatoms. The van der Waals surface area contributed by atoms with Crippen LogP contribution in [-0.2, 0) is 17.1 Å². The predicted molar refractivity (Wildman–Crippen MR) is 98.4 cm³/mol. The molecule has 2 aromatic carbocycles. The lowest BCUT2D eigenvalue weighted by Gasteiger charge is -2.10. The van der Waals surface area contributed by atoms with Gasteiger partial charge >= 0.3 is 4.87 Å². The van der Waals surface area contributed by atoms with Crippen molar-refractivity contribution in [3.05, 3.63) is 57.7 Å². The number of sulfonamides is 1. The molecule has 0 atom stereocenters. The van der Waals surface area contributed by atoms with Crippen molar-refractivity contribution >= 4 is 37.3 Å². The molecular weight excluding hydrogens is 344 g/mol. The van der Waals surface area contributed by atoms with E-state index in [1.807, 2.05) is 12.1 Å². The standard InChI is InChI=1S/C17H18N2O3S2/c1-11(2)12-4-7-14(8-5-12)24(21,22)18-13-6-9-15-16(10-13)23-17(20)19(15)3/h4-11,18H,1-3H3. The summed E-state index contributed by atoms with van der Waals surface area (Å²) < 4.78 is 29.9. The summed E-state index contributed by atoms with van der Waals surface area (Å²) in [5, 5.41) is 0. The number of nitrogens with zero attached hydrogens (tertiary/aromatic N) is 1. The molecule has 0 amide bonds. The fraction of sp³-hybridized carbons (Fsp3) is 0.235. The van der Waals surface area contributed by atoms with Gasteiger partial charge in [-0.2, -0.15) is 0 Å². The van der Waals surface area contributed by atoms with Crippen LogP contribution in [0.3, 0.4) is 0 Å². The molecular formula is C17H18N2O3S2. The van der Waals surface area contributed by atoms with Gasteiger partial charge in [0.1, 0.15) is 0 Å². The molecule has 0 spiro atoms. The van der Waals surface area contributed by atoms with E-state index in [-0.39, 0.29) is 9.77 Å². The van der Waals surface area contributed by atoms with Crippen LogP contribution in [0.4, 0.5) is 5.69 Å². The minimum absolute atomic E-state index is 0.0747. The summed E-state index contributed by atoms with van der Waals surface area (Å²) in [6.07, 6.45) is 0. The number of fused-ring (bicyclic) bond motifs is 1. The quantitative estimate of drug-likeness (QED) is 0.772. The summed E-state index contributed by atoms with van der Waals surface area (Å²) in [6.45, 7) is 4.12. The molecule has 1 heterocycles. The van der Waals surface area contributed by atoms with E-state index in [1.54, 1.807) is 41.9 Å². The van der Waals surface area contributed by atoms with Crippen molar-refractivity contribution in [2.45, 2.75) is 24.7 Å². The summed E-state index contributed by atoms with van der Waals surface area (Å²) >= 11 is 1.09. The maximum absolute atomic E-state index is 12.5. The monoisotopic (exact) mass is 362 g/mol. The van der Waals surface area contributed by atoms with Crippen molar-refractivity contribution in [1.29, 1.82) is 0 Å². The largest absolute Gasteiger partial charge is 0.307 e. The number of rotatable bonds is 4. The second-order valence-corrected chi connectivity index (χ2v) is 8.61. The van der Waals surface area contributed by atoms with Crippen molar-refractivity contribution < 1.29 is 8.42 Å². The molecule has 0 aliphatic heterocycles. The molecule has 0 radical (unpaired) electrons. The topological polar surface area (TPSA) is 68.2 Å². The maximum Gasteiger partial charge on any atom is 0.307 e. The molecule has 3 aromatic rings. The first-order chi connectivity index (χ1) is 11.3. The predicted octanol–water partition coefficient (Wildman–Crippen LogP) is 3.52. The zero-order valence-electron chi connectivity index (χ0n) is 13.6. The van der Waals surface area contributed by atoms with E-state index in [0.717, 1.165) is 27.1 Å². The highest BCUT2D eigenvalue weighted by atomic mass is 32.2. The van der Waals surface area contributed by atoms with Gasteiger partial charge in [-0.25, -0.2) is 8.42 Å². The molecule has 0 aliphatic carbocycles. The van der Waals surface area contributed by atoms with Gasteiger partial charge in [-0.15, -0.1) is 0 Å². The Labute approximate surface area is 144 Å². The van der Waals surface area contributed by atoms with E-state index >= 15 is 0 Å². The van der Waals surface area contributed by atoms with E-state index in [2.05, 4.69) is 18.6 Å². The van der Waals surface area contributed by atoms with Crippen LogP contribution in [0.1, 0.15) is 25.3 Å². The number of hydrogen-bond donors (Lipinski definition) is 1. The Hall–Kier alpha value is -2.12. The third kappa shape index (κ3) is 3.09. The summed E-state index contributed by atoms with van der Waals surface area (Å²) in [7, 11) is -1.96. The highest BCUT2D eigenvalue weighted by Crippen LogP contribution is 2.24. The fourth-order valence-corrected chi connectivity index (χ4v) is 4.41. The van der Waals surface area contributed by atoms with Crippen LogP contribution in [0, 0.1) is 0 Å². The Kier molecular flexibility index (Phi) is 4.23. The molecule has 5 nitrogen and oxygen atoms in total. The molecule has 0 bridgehead atoms. The third-order valence-corrected chi connectivity index (χ3v) is 6.29. The lowest BCUT2D eigenvalue weighted by atomic mass is 10.0. The Balaban J connectivity index is 1.92.